The van der Waals surface area contributed by atoms with Gasteiger partial charge in [0.1, 0.15) is 11.8 Å². The van der Waals surface area contributed by atoms with Crippen molar-refractivity contribution in [3.05, 3.63) is 17.9 Å². The number of nitrogens with zero attached hydrogens (tertiary/aromatic N) is 3. The maximum Gasteiger partial charge on any atom is 0.272 e. The van der Waals surface area contributed by atoms with Crippen molar-refractivity contribution in [2.45, 2.75) is 24.5 Å². The lowest BCUT2D eigenvalue weighted by atomic mass is 10.1. The van der Waals surface area contributed by atoms with Gasteiger partial charge in [-0.3, -0.25) is 24.2 Å². The number of amides is 3. The fourth-order valence-corrected chi connectivity index (χ4v) is 3.63. The number of hydrogen-bond acceptors (Lipinski definition) is 6. The quantitative estimate of drug-likeness (QED) is 0.541. The van der Waals surface area contributed by atoms with Gasteiger partial charge in [-0.05, 0) is 13.1 Å². The van der Waals surface area contributed by atoms with Gasteiger partial charge in [-0.15, -0.1) is 6.42 Å². The predicted octanol–water partition coefficient (Wildman–Crippen LogP) is 0.537. The molecule has 1 saturated carbocycles. The molecule has 3 amide bonds. The van der Waals surface area contributed by atoms with Gasteiger partial charge in [-0.1, -0.05) is 5.92 Å². The maximum absolute atomic E-state index is 14.9. The zero-order chi connectivity index (χ0) is 20.8. The van der Waals surface area contributed by atoms with Gasteiger partial charge >= 0.3 is 0 Å². The number of rotatable bonds is 4. The fraction of sp³-hybridized carbons (Fsp3) is 0.450. The third-order valence-electron chi connectivity index (χ3n) is 5.50. The molecular formula is C20H20FN3O5. The van der Waals surface area contributed by atoms with Crippen LogP contribution in [0.5, 0.6) is 5.75 Å². The smallest absolute Gasteiger partial charge is 0.272 e. The molecule has 0 radical (unpaired) electrons. The molecule has 1 aliphatic carbocycles. The van der Waals surface area contributed by atoms with Crippen molar-refractivity contribution >= 4 is 29.6 Å². The highest BCUT2D eigenvalue weighted by molar-refractivity contribution is 6.11. The number of carbonyl (C=O) groups excluding carboxylic acids is 3. The van der Waals surface area contributed by atoms with E-state index in [1.54, 1.807) is 11.9 Å². The molecule has 0 aromatic heterocycles. The summed E-state index contributed by atoms with van der Waals surface area (Å²) in [4.78, 5) is 41.2. The molecule has 4 rings (SSSR count). The number of benzene rings is 1. The number of halogens is 1. The second kappa shape index (κ2) is 7.13. The minimum absolute atomic E-state index is 0.0315. The summed E-state index contributed by atoms with van der Waals surface area (Å²) >= 11 is 0. The van der Waals surface area contributed by atoms with Gasteiger partial charge in [0.05, 0.1) is 31.1 Å². The summed E-state index contributed by atoms with van der Waals surface area (Å²) < 4.78 is 26.0. The van der Waals surface area contributed by atoms with Crippen LogP contribution in [0.15, 0.2) is 12.1 Å². The second-order valence-corrected chi connectivity index (χ2v) is 7.35. The monoisotopic (exact) mass is 401 g/mol. The minimum Gasteiger partial charge on any atom is -0.475 e. The van der Waals surface area contributed by atoms with Crippen molar-refractivity contribution in [2.75, 3.05) is 43.2 Å². The molecule has 1 aromatic rings. The molecule has 9 heteroatoms. The standard InChI is InChI=1S/C20H20FN3O5/c1-3-6-23-15-10-14(13(21)9-17(15)29-20(4-5-20)19(23)27)24(12-25)18(26)16-11-28-8-7-22(16)2/h1,9-10,12,16H,4-8,11H2,2H3. The molecule has 152 valence electrons. The first-order valence-corrected chi connectivity index (χ1v) is 9.26. The van der Waals surface area contributed by atoms with Crippen LogP contribution >= 0.6 is 0 Å². The third-order valence-corrected chi connectivity index (χ3v) is 5.50. The minimum atomic E-state index is -0.986. The van der Waals surface area contributed by atoms with Crippen LogP contribution in [0.1, 0.15) is 12.8 Å². The molecule has 1 saturated heterocycles. The number of carbonyl (C=O) groups is 3. The molecule has 1 aromatic carbocycles. The van der Waals surface area contributed by atoms with Gasteiger partial charge < -0.3 is 9.47 Å². The van der Waals surface area contributed by atoms with Crippen molar-refractivity contribution in [3.8, 4) is 18.1 Å². The van der Waals surface area contributed by atoms with E-state index in [2.05, 4.69) is 5.92 Å². The highest BCUT2D eigenvalue weighted by Crippen LogP contribution is 2.50. The zero-order valence-corrected chi connectivity index (χ0v) is 15.9. The van der Waals surface area contributed by atoms with E-state index >= 15 is 0 Å². The number of hydrogen-bond donors (Lipinski definition) is 0. The van der Waals surface area contributed by atoms with Crippen LogP contribution in [0.25, 0.3) is 0 Å². The van der Waals surface area contributed by atoms with Gasteiger partial charge in [-0.2, -0.15) is 0 Å². The lowest BCUT2D eigenvalue weighted by Crippen LogP contribution is -2.53. The average Bonchev–Trinajstić information content (AvgIpc) is 3.47. The van der Waals surface area contributed by atoms with Crippen LogP contribution in [-0.2, 0) is 19.1 Å². The maximum atomic E-state index is 14.9. The van der Waals surface area contributed by atoms with Gasteiger partial charge in [0.2, 0.25) is 6.41 Å². The fourth-order valence-electron chi connectivity index (χ4n) is 3.63. The van der Waals surface area contributed by atoms with Crippen LogP contribution < -0.4 is 14.5 Å². The van der Waals surface area contributed by atoms with Crippen molar-refractivity contribution in [1.82, 2.24) is 4.90 Å². The van der Waals surface area contributed by atoms with Crippen LogP contribution in [0.2, 0.25) is 0 Å². The number of fused-ring (bicyclic) bond motifs is 1. The van der Waals surface area contributed by atoms with E-state index in [0.717, 1.165) is 6.07 Å². The summed E-state index contributed by atoms with van der Waals surface area (Å²) in [6.07, 6.45) is 6.72. The summed E-state index contributed by atoms with van der Waals surface area (Å²) in [6, 6.07) is 1.62. The summed E-state index contributed by atoms with van der Waals surface area (Å²) in [6.45, 7) is 1.04. The Kier molecular flexibility index (Phi) is 4.76. The highest BCUT2D eigenvalue weighted by Gasteiger charge is 2.58. The summed E-state index contributed by atoms with van der Waals surface area (Å²) in [5.41, 5.74) is -1.03. The molecule has 2 fully saturated rings. The van der Waals surface area contributed by atoms with Crippen LogP contribution in [0.3, 0.4) is 0 Å². The van der Waals surface area contributed by atoms with Gasteiger partial charge in [0.15, 0.2) is 11.4 Å². The highest BCUT2D eigenvalue weighted by atomic mass is 19.1. The van der Waals surface area contributed by atoms with Crippen molar-refractivity contribution < 1.29 is 28.2 Å². The van der Waals surface area contributed by atoms with E-state index in [1.807, 2.05) is 0 Å². The van der Waals surface area contributed by atoms with E-state index in [4.69, 9.17) is 15.9 Å². The molecule has 0 N–H and O–H groups in total. The van der Waals surface area contributed by atoms with Gasteiger partial charge in [0.25, 0.3) is 11.8 Å². The number of imide groups is 1. The summed E-state index contributed by atoms with van der Waals surface area (Å²) in [5, 5.41) is 0. The van der Waals surface area contributed by atoms with Crippen LogP contribution in [-0.4, -0.2) is 68.1 Å². The Morgan fingerprint density at radius 2 is 2.24 bits per heavy atom. The van der Waals surface area contributed by atoms with Crippen LogP contribution in [0, 0.1) is 18.2 Å². The Hall–Kier alpha value is -2.96. The Labute approximate surface area is 167 Å². The Morgan fingerprint density at radius 3 is 2.86 bits per heavy atom. The normalized spacial score (nSPS) is 22.4. The predicted molar refractivity (Wildman–Crippen MR) is 101 cm³/mol. The summed E-state index contributed by atoms with van der Waals surface area (Å²) in [5.74, 6) is 0.845. The lowest BCUT2D eigenvalue weighted by Gasteiger charge is -2.35. The molecule has 1 unspecified atom stereocenters. The van der Waals surface area contributed by atoms with Crippen molar-refractivity contribution in [2.24, 2.45) is 0 Å². The van der Waals surface area contributed by atoms with Gasteiger partial charge in [0, 0.05) is 25.5 Å². The molecule has 0 bridgehead atoms. The first-order valence-electron chi connectivity index (χ1n) is 9.26. The Morgan fingerprint density at radius 1 is 1.48 bits per heavy atom. The van der Waals surface area contributed by atoms with E-state index in [1.165, 1.54) is 11.0 Å². The first kappa shape index (κ1) is 19.4. The molecular weight excluding hydrogens is 381 g/mol. The summed E-state index contributed by atoms with van der Waals surface area (Å²) in [7, 11) is 1.73. The van der Waals surface area contributed by atoms with Crippen molar-refractivity contribution in [1.29, 1.82) is 0 Å². The van der Waals surface area contributed by atoms with Gasteiger partial charge in [-0.25, -0.2) is 9.29 Å². The second-order valence-electron chi connectivity index (χ2n) is 7.35. The lowest BCUT2D eigenvalue weighted by molar-refractivity contribution is -0.130. The van der Waals surface area contributed by atoms with Crippen LogP contribution in [0.4, 0.5) is 15.8 Å². The molecule has 1 atom stereocenters. The number of likely N-dealkylation sites (N-methyl/N-ethyl adjacent to an activating group) is 1. The largest absolute Gasteiger partial charge is 0.475 e. The molecule has 8 nitrogen and oxygen atoms in total. The van der Waals surface area contributed by atoms with E-state index in [0.29, 0.717) is 30.9 Å². The number of morpholine rings is 1. The SMILES string of the molecule is C#CCN1C(=O)C2(CC2)Oc2cc(F)c(N(C=O)C(=O)C3COCCN3C)cc21. The molecule has 3 aliphatic rings. The molecule has 2 aliphatic heterocycles. The Balaban J connectivity index is 1.73. The van der Waals surface area contributed by atoms with Crippen molar-refractivity contribution in [3.63, 3.8) is 0 Å². The van der Waals surface area contributed by atoms with E-state index in [-0.39, 0.29) is 42.6 Å². The number of ether oxygens (including phenoxy) is 2. The molecule has 2 heterocycles. The van der Waals surface area contributed by atoms with E-state index in [9.17, 15) is 18.8 Å². The number of terminal acetylenes is 1. The molecule has 29 heavy (non-hydrogen) atoms. The topological polar surface area (TPSA) is 79.4 Å². The molecule has 1 spiro atoms. The average molecular weight is 401 g/mol. The van der Waals surface area contributed by atoms with E-state index < -0.39 is 23.4 Å². The Bertz CT molecular complexity index is 923. The first-order chi connectivity index (χ1) is 13.9. The number of anilines is 2. The third kappa shape index (κ3) is 3.14. The zero-order valence-electron chi connectivity index (χ0n) is 15.9.